The van der Waals surface area contributed by atoms with Crippen molar-refractivity contribution in [2.45, 2.75) is 32.6 Å². The van der Waals surface area contributed by atoms with Crippen LogP contribution in [-0.2, 0) is 17.5 Å². The van der Waals surface area contributed by atoms with Gasteiger partial charge in [0.25, 0.3) is 0 Å². The number of halogens is 6. The van der Waals surface area contributed by atoms with Crippen molar-refractivity contribution in [2.24, 2.45) is 0 Å². The zero-order chi connectivity index (χ0) is 22.2. The monoisotopic (exact) mass is 450 g/mol. The Labute approximate surface area is 175 Å². The van der Waals surface area contributed by atoms with E-state index in [0.29, 0.717) is 26.2 Å². The average Bonchev–Trinajstić information content (AvgIpc) is 3.00. The second kappa shape index (κ2) is 8.50. The molecule has 5 nitrogen and oxygen atoms in total. The summed E-state index contributed by atoms with van der Waals surface area (Å²) in [5.74, 6) is -2.19. The van der Waals surface area contributed by atoms with E-state index in [4.69, 9.17) is 11.6 Å². The Balaban J connectivity index is 1.65. The minimum atomic E-state index is -4.71. The van der Waals surface area contributed by atoms with Crippen LogP contribution in [0.15, 0.2) is 18.2 Å². The molecule has 1 fully saturated rings. The number of hydrogen-bond acceptors (Lipinski definition) is 3. The van der Waals surface area contributed by atoms with Crippen LogP contribution in [0.4, 0.5) is 22.0 Å². The predicted octanol–water partition coefficient (Wildman–Crippen LogP) is 4.05. The number of hydrogen-bond donors (Lipinski definition) is 0. The van der Waals surface area contributed by atoms with Crippen molar-refractivity contribution < 1.29 is 26.7 Å². The Morgan fingerprint density at radius 2 is 1.83 bits per heavy atom. The summed E-state index contributed by atoms with van der Waals surface area (Å²) in [7, 11) is 0. The van der Waals surface area contributed by atoms with E-state index in [1.807, 2.05) is 4.90 Å². The minimum Gasteiger partial charge on any atom is -0.338 e. The van der Waals surface area contributed by atoms with E-state index in [0.717, 1.165) is 10.7 Å². The van der Waals surface area contributed by atoms with Crippen LogP contribution in [-0.4, -0.2) is 51.7 Å². The van der Waals surface area contributed by atoms with Gasteiger partial charge in [0.2, 0.25) is 5.91 Å². The number of amides is 1. The topological polar surface area (TPSA) is 41.4 Å². The Kier molecular flexibility index (Phi) is 6.37. The highest BCUT2D eigenvalue weighted by Gasteiger charge is 2.39. The lowest BCUT2D eigenvalue weighted by Crippen LogP contribution is -2.50. The summed E-state index contributed by atoms with van der Waals surface area (Å²) in [5.41, 5.74) is -0.932. The molecule has 164 valence electrons. The molecule has 0 N–H and O–H groups in total. The van der Waals surface area contributed by atoms with Crippen molar-refractivity contribution in [2.75, 3.05) is 26.2 Å². The van der Waals surface area contributed by atoms with Crippen LogP contribution in [0.2, 0.25) is 5.02 Å². The molecule has 1 atom stereocenters. The van der Waals surface area contributed by atoms with Crippen molar-refractivity contribution in [3.63, 3.8) is 0 Å². The number of aromatic nitrogens is 2. The van der Waals surface area contributed by atoms with Crippen LogP contribution in [0.25, 0.3) is 0 Å². The first-order chi connectivity index (χ1) is 14.0. The number of rotatable bonds is 4. The Hall–Kier alpha value is -2.20. The first-order valence-electron chi connectivity index (χ1n) is 9.26. The average molecular weight is 451 g/mol. The van der Waals surface area contributed by atoms with Gasteiger partial charge in [-0.05, 0) is 19.9 Å². The van der Waals surface area contributed by atoms with Gasteiger partial charge in [-0.3, -0.25) is 14.4 Å². The van der Waals surface area contributed by atoms with Gasteiger partial charge in [0.15, 0.2) is 17.3 Å². The molecule has 11 heteroatoms. The molecular formula is C19H20ClF5N4O. The molecule has 1 amide bonds. The molecule has 1 aliphatic heterocycles. The minimum absolute atomic E-state index is 0.0602. The standard InChI is InChI=1S/C19H20ClF5N4O/c1-11-15(20)17(19(23,24)25)26-29(11)12(2)18(30)28-8-6-27(7-9-28)10-13-4-3-5-14(21)16(13)22/h3-5,12H,6-10H2,1-2H3. The fourth-order valence-corrected chi connectivity index (χ4v) is 3.69. The zero-order valence-corrected chi connectivity index (χ0v) is 17.1. The second-order valence-electron chi connectivity index (χ2n) is 7.18. The summed E-state index contributed by atoms with van der Waals surface area (Å²) in [4.78, 5) is 16.2. The third kappa shape index (κ3) is 4.44. The molecule has 0 aliphatic carbocycles. The predicted molar refractivity (Wildman–Crippen MR) is 99.9 cm³/mol. The van der Waals surface area contributed by atoms with Crippen LogP contribution in [0, 0.1) is 18.6 Å². The SMILES string of the molecule is Cc1c(Cl)c(C(F)(F)F)nn1C(C)C(=O)N1CCN(Cc2cccc(F)c2F)CC1. The maximum Gasteiger partial charge on any atom is 0.436 e. The number of benzene rings is 1. The second-order valence-corrected chi connectivity index (χ2v) is 7.56. The maximum atomic E-state index is 13.8. The molecule has 2 heterocycles. The lowest BCUT2D eigenvalue weighted by molar-refractivity contribution is -0.142. The van der Waals surface area contributed by atoms with Crippen LogP contribution in [0.5, 0.6) is 0 Å². The summed E-state index contributed by atoms with van der Waals surface area (Å²) < 4.78 is 67.3. The lowest BCUT2D eigenvalue weighted by atomic mass is 10.1. The van der Waals surface area contributed by atoms with Crippen molar-refractivity contribution in [1.29, 1.82) is 0 Å². The molecular weight excluding hydrogens is 431 g/mol. The molecule has 0 bridgehead atoms. The first-order valence-corrected chi connectivity index (χ1v) is 9.64. The molecule has 1 aromatic carbocycles. The molecule has 1 aliphatic rings. The normalized spacial score (nSPS) is 16.7. The van der Waals surface area contributed by atoms with Gasteiger partial charge >= 0.3 is 6.18 Å². The van der Waals surface area contributed by atoms with Crippen molar-refractivity contribution in [3.8, 4) is 0 Å². The summed E-state index contributed by atoms with van der Waals surface area (Å²) in [6.45, 7) is 4.49. The van der Waals surface area contributed by atoms with Gasteiger partial charge in [0.1, 0.15) is 6.04 Å². The summed E-state index contributed by atoms with van der Waals surface area (Å²) in [6.07, 6.45) is -4.71. The van der Waals surface area contributed by atoms with Gasteiger partial charge in [-0.15, -0.1) is 0 Å². The van der Waals surface area contributed by atoms with E-state index in [1.54, 1.807) is 0 Å². The van der Waals surface area contributed by atoms with Gasteiger partial charge in [0, 0.05) is 38.3 Å². The highest BCUT2D eigenvalue weighted by molar-refractivity contribution is 6.32. The third-order valence-electron chi connectivity index (χ3n) is 5.18. The van der Waals surface area contributed by atoms with Crippen LogP contribution >= 0.6 is 11.6 Å². The van der Waals surface area contributed by atoms with Crippen molar-refractivity contribution >= 4 is 17.5 Å². The molecule has 1 unspecified atom stereocenters. The van der Waals surface area contributed by atoms with Crippen LogP contribution in [0.3, 0.4) is 0 Å². The van der Waals surface area contributed by atoms with Gasteiger partial charge in [-0.2, -0.15) is 18.3 Å². The molecule has 0 saturated carbocycles. The molecule has 0 radical (unpaired) electrons. The smallest absolute Gasteiger partial charge is 0.338 e. The molecule has 30 heavy (non-hydrogen) atoms. The Morgan fingerprint density at radius 1 is 1.20 bits per heavy atom. The van der Waals surface area contributed by atoms with E-state index >= 15 is 0 Å². The highest BCUT2D eigenvalue weighted by atomic mass is 35.5. The van der Waals surface area contributed by atoms with Gasteiger partial charge in [-0.25, -0.2) is 8.78 Å². The van der Waals surface area contributed by atoms with E-state index in [9.17, 15) is 26.7 Å². The largest absolute Gasteiger partial charge is 0.436 e. The van der Waals surface area contributed by atoms with Gasteiger partial charge in [-0.1, -0.05) is 23.7 Å². The fourth-order valence-electron chi connectivity index (χ4n) is 3.46. The molecule has 1 aromatic heterocycles. The number of piperazine rings is 1. The first kappa shape index (κ1) is 22.5. The van der Waals surface area contributed by atoms with Crippen LogP contribution < -0.4 is 0 Å². The summed E-state index contributed by atoms with van der Waals surface area (Å²) >= 11 is 5.76. The van der Waals surface area contributed by atoms with Gasteiger partial charge < -0.3 is 4.90 Å². The number of alkyl halides is 3. The van der Waals surface area contributed by atoms with E-state index in [-0.39, 0.29) is 23.7 Å². The molecule has 3 rings (SSSR count). The van der Waals surface area contributed by atoms with Crippen molar-refractivity contribution in [3.05, 3.63) is 51.8 Å². The maximum absolute atomic E-state index is 13.8. The lowest BCUT2D eigenvalue weighted by Gasteiger charge is -2.36. The van der Waals surface area contributed by atoms with Gasteiger partial charge in [0.05, 0.1) is 10.7 Å². The van der Waals surface area contributed by atoms with E-state index < -0.39 is 34.6 Å². The molecule has 1 saturated heterocycles. The molecule has 0 spiro atoms. The summed E-state index contributed by atoms with van der Waals surface area (Å²) in [6, 6.07) is 3.01. The quantitative estimate of drug-likeness (QED) is 0.660. The van der Waals surface area contributed by atoms with E-state index in [1.165, 1.54) is 30.9 Å². The Morgan fingerprint density at radius 3 is 2.40 bits per heavy atom. The fraction of sp³-hybridized carbons (Fsp3) is 0.474. The third-order valence-corrected chi connectivity index (χ3v) is 5.63. The number of carbonyl (C=O) groups is 1. The Bertz CT molecular complexity index is 938. The van der Waals surface area contributed by atoms with Crippen LogP contribution in [0.1, 0.15) is 29.9 Å². The van der Waals surface area contributed by atoms with Crippen molar-refractivity contribution in [1.82, 2.24) is 19.6 Å². The number of nitrogens with zero attached hydrogens (tertiary/aromatic N) is 4. The highest BCUT2D eigenvalue weighted by Crippen LogP contribution is 2.36. The summed E-state index contributed by atoms with van der Waals surface area (Å²) in [5, 5.41) is 2.99. The zero-order valence-electron chi connectivity index (χ0n) is 16.3. The molecule has 2 aromatic rings. The van der Waals surface area contributed by atoms with E-state index in [2.05, 4.69) is 5.10 Å². The number of carbonyl (C=O) groups excluding carboxylic acids is 1.